The maximum atomic E-state index is 13.9. The number of aryl methyl sites for hydroxylation is 1. The predicted octanol–water partition coefficient (Wildman–Crippen LogP) is 5.78. The second-order valence-corrected chi connectivity index (χ2v) is 12.1. The van der Waals surface area contributed by atoms with Crippen LogP contribution in [-0.4, -0.2) is 43.2 Å². The lowest BCUT2D eigenvalue weighted by Gasteiger charge is -2.38. The molecule has 2 heterocycles. The first kappa shape index (κ1) is 24.7. The zero-order valence-corrected chi connectivity index (χ0v) is 22.2. The van der Waals surface area contributed by atoms with Gasteiger partial charge in [-0.2, -0.15) is 4.31 Å². The number of hydrogen-bond acceptors (Lipinski definition) is 4. The van der Waals surface area contributed by atoms with Crippen molar-refractivity contribution < 1.29 is 13.2 Å². The Morgan fingerprint density at radius 1 is 1.00 bits per heavy atom. The van der Waals surface area contributed by atoms with Crippen molar-refractivity contribution in [3.8, 4) is 0 Å². The number of sulfonamides is 1. The van der Waals surface area contributed by atoms with Crippen LogP contribution in [0.2, 0.25) is 0 Å². The highest BCUT2D eigenvalue weighted by molar-refractivity contribution is 7.89. The van der Waals surface area contributed by atoms with E-state index in [0.29, 0.717) is 18.4 Å². The maximum absolute atomic E-state index is 13.9. The number of nitrogens with zero attached hydrogens (tertiary/aromatic N) is 2. The molecule has 0 fully saturated rings. The van der Waals surface area contributed by atoms with Crippen molar-refractivity contribution in [2.24, 2.45) is 0 Å². The van der Waals surface area contributed by atoms with E-state index < -0.39 is 10.0 Å². The largest absolute Gasteiger partial charge is 0.330 e. The minimum Gasteiger partial charge on any atom is -0.330 e. The number of carbonyl (C=O) groups excluding carboxylic acids is 1. The van der Waals surface area contributed by atoms with Gasteiger partial charge in [-0.25, -0.2) is 8.42 Å². The Labute approximate surface area is 217 Å². The second kappa shape index (κ2) is 10.2. The molecular weight excluding hydrogens is 488 g/mol. The number of hydrogen-bond donors (Lipinski definition) is 0. The average Bonchev–Trinajstić information content (AvgIpc) is 3.37. The molecule has 0 saturated carbocycles. The van der Waals surface area contributed by atoms with Gasteiger partial charge in [-0.15, -0.1) is 11.3 Å². The molecule has 186 valence electrons. The number of amides is 1. The van der Waals surface area contributed by atoms with Gasteiger partial charge in [0.2, 0.25) is 15.9 Å². The van der Waals surface area contributed by atoms with Crippen molar-refractivity contribution in [3.05, 3.63) is 99.7 Å². The fourth-order valence-electron chi connectivity index (χ4n) is 5.15. The van der Waals surface area contributed by atoms with Gasteiger partial charge in [0.15, 0.2) is 0 Å². The van der Waals surface area contributed by atoms with Gasteiger partial charge in [0.25, 0.3) is 0 Å². The lowest BCUT2D eigenvalue weighted by molar-refractivity contribution is -0.133. The number of fused-ring (bicyclic) bond motifs is 2. The molecule has 36 heavy (non-hydrogen) atoms. The highest BCUT2D eigenvalue weighted by atomic mass is 32.2. The molecule has 5 nitrogen and oxygen atoms in total. The summed E-state index contributed by atoms with van der Waals surface area (Å²) >= 11 is 1.72. The summed E-state index contributed by atoms with van der Waals surface area (Å²) in [6.45, 7) is 4.67. The fourth-order valence-corrected chi connectivity index (χ4v) is 7.75. The molecule has 4 aromatic rings. The van der Waals surface area contributed by atoms with Crippen molar-refractivity contribution >= 4 is 38.0 Å². The third-order valence-electron chi connectivity index (χ3n) is 6.92. The smallest absolute Gasteiger partial charge is 0.244 e. The number of benzene rings is 3. The number of thiophene rings is 1. The van der Waals surface area contributed by atoms with Gasteiger partial charge in [0, 0.05) is 23.4 Å². The predicted molar refractivity (Wildman–Crippen MR) is 146 cm³/mol. The SMILES string of the molecule is CCCN(CC(=O)N1CCc2sccc2C1c1ccccc1C)S(=O)(=O)c1cccc2ccccc12. The molecule has 1 aliphatic heterocycles. The molecule has 7 heteroatoms. The molecule has 1 aromatic heterocycles. The average molecular weight is 519 g/mol. The Kier molecular flexibility index (Phi) is 6.97. The summed E-state index contributed by atoms with van der Waals surface area (Å²) in [6.07, 6.45) is 1.40. The Morgan fingerprint density at radius 2 is 1.75 bits per heavy atom. The summed E-state index contributed by atoms with van der Waals surface area (Å²) in [7, 11) is -3.88. The van der Waals surface area contributed by atoms with Gasteiger partial charge in [-0.3, -0.25) is 4.79 Å². The van der Waals surface area contributed by atoms with Crippen LogP contribution in [-0.2, 0) is 21.2 Å². The van der Waals surface area contributed by atoms with Crippen LogP contribution in [0.15, 0.2) is 83.1 Å². The van der Waals surface area contributed by atoms with Crippen molar-refractivity contribution in [1.29, 1.82) is 0 Å². The van der Waals surface area contributed by atoms with Crippen molar-refractivity contribution in [1.82, 2.24) is 9.21 Å². The summed E-state index contributed by atoms with van der Waals surface area (Å²) in [5.74, 6) is -0.169. The first-order chi connectivity index (χ1) is 17.4. The van der Waals surface area contributed by atoms with E-state index in [0.717, 1.165) is 28.5 Å². The standard InChI is InChI=1S/C29H30N2O3S2/c1-3-17-30(36(33,34)27-14-8-11-22-10-5-7-13-24(22)27)20-28(32)31-18-15-26-25(16-19-35-26)29(31)23-12-6-4-9-21(23)2/h4-14,16,19,29H,3,15,17-18,20H2,1-2H3. The highest BCUT2D eigenvalue weighted by Crippen LogP contribution is 2.39. The summed E-state index contributed by atoms with van der Waals surface area (Å²) < 4.78 is 29.1. The highest BCUT2D eigenvalue weighted by Gasteiger charge is 2.36. The van der Waals surface area contributed by atoms with E-state index in [9.17, 15) is 13.2 Å². The van der Waals surface area contributed by atoms with Crippen LogP contribution < -0.4 is 0 Å². The minimum absolute atomic E-state index is 0.169. The molecule has 1 aliphatic rings. The number of rotatable bonds is 7. The molecule has 3 aromatic carbocycles. The fraction of sp³-hybridized carbons (Fsp3) is 0.276. The van der Waals surface area contributed by atoms with Crippen LogP contribution in [0.1, 0.15) is 41.0 Å². The van der Waals surface area contributed by atoms with Crippen LogP contribution in [0.5, 0.6) is 0 Å². The molecule has 5 rings (SSSR count). The third-order valence-corrected chi connectivity index (χ3v) is 9.82. The monoisotopic (exact) mass is 518 g/mol. The zero-order chi connectivity index (χ0) is 25.3. The molecule has 0 radical (unpaired) electrons. The van der Waals surface area contributed by atoms with E-state index in [1.807, 2.05) is 54.3 Å². The molecule has 0 N–H and O–H groups in total. The van der Waals surface area contributed by atoms with Gasteiger partial charge >= 0.3 is 0 Å². The Balaban J connectivity index is 1.50. The van der Waals surface area contributed by atoms with Gasteiger partial charge in [-0.05, 0) is 59.4 Å². The van der Waals surface area contributed by atoms with E-state index in [4.69, 9.17) is 0 Å². The Hall–Kier alpha value is -3.00. The van der Waals surface area contributed by atoms with E-state index in [2.05, 4.69) is 30.5 Å². The molecule has 1 unspecified atom stereocenters. The molecule has 0 saturated heterocycles. The van der Waals surface area contributed by atoms with E-state index in [-0.39, 0.29) is 29.9 Å². The summed E-state index contributed by atoms with van der Waals surface area (Å²) in [5, 5.41) is 3.62. The topological polar surface area (TPSA) is 57.7 Å². The lowest BCUT2D eigenvalue weighted by atomic mass is 9.90. The first-order valence-electron chi connectivity index (χ1n) is 12.3. The van der Waals surface area contributed by atoms with E-state index >= 15 is 0 Å². The number of carbonyl (C=O) groups is 1. The molecule has 1 amide bonds. The molecular formula is C29H30N2O3S2. The molecule has 0 bridgehead atoms. The summed E-state index contributed by atoms with van der Waals surface area (Å²) in [6, 6.07) is 22.8. The normalized spacial score (nSPS) is 15.9. The van der Waals surface area contributed by atoms with Crippen molar-refractivity contribution in [3.63, 3.8) is 0 Å². The van der Waals surface area contributed by atoms with Gasteiger partial charge < -0.3 is 4.90 Å². The quantitative estimate of drug-likeness (QED) is 0.311. The summed E-state index contributed by atoms with van der Waals surface area (Å²) in [5.41, 5.74) is 3.35. The minimum atomic E-state index is -3.88. The zero-order valence-electron chi connectivity index (χ0n) is 20.6. The Bertz CT molecular complexity index is 1500. The Morgan fingerprint density at radius 3 is 2.56 bits per heavy atom. The van der Waals surface area contributed by atoms with E-state index in [1.165, 1.54) is 9.18 Å². The van der Waals surface area contributed by atoms with Crippen molar-refractivity contribution in [2.75, 3.05) is 19.6 Å². The molecule has 0 aliphatic carbocycles. The molecule has 0 spiro atoms. The molecule has 1 atom stereocenters. The van der Waals surface area contributed by atoms with Gasteiger partial charge in [0.1, 0.15) is 0 Å². The summed E-state index contributed by atoms with van der Waals surface area (Å²) in [4.78, 5) is 17.3. The van der Waals surface area contributed by atoms with Gasteiger partial charge in [0.05, 0.1) is 17.5 Å². The first-order valence-corrected chi connectivity index (χ1v) is 14.6. The van der Waals surface area contributed by atoms with Crippen molar-refractivity contribution in [2.45, 2.75) is 37.6 Å². The van der Waals surface area contributed by atoms with Crippen LogP contribution >= 0.6 is 11.3 Å². The van der Waals surface area contributed by atoms with Crippen LogP contribution in [0.3, 0.4) is 0 Å². The van der Waals surface area contributed by atoms with E-state index in [1.54, 1.807) is 23.5 Å². The second-order valence-electron chi connectivity index (χ2n) is 9.21. The third kappa shape index (κ3) is 4.47. The lowest BCUT2D eigenvalue weighted by Crippen LogP contribution is -2.47. The van der Waals surface area contributed by atoms with Crippen LogP contribution in [0.4, 0.5) is 0 Å². The van der Waals surface area contributed by atoms with Crippen LogP contribution in [0, 0.1) is 6.92 Å². The van der Waals surface area contributed by atoms with Gasteiger partial charge in [-0.1, -0.05) is 67.6 Å². The van der Waals surface area contributed by atoms with Crippen LogP contribution in [0.25, 0.3) is 10.8 Å². The maximum Gasteiger partial charge on any atom is 0.244 e.